The van der Waals surface area contributed by atoms with Crippen LogP contribution in [0.4, 0.5) is 0 Å². The molecule has 0 fully saturated rings. The summed E-state index contributed by atoms with van der Waals surface area (Å²) in [5, 5.41) is 5.65. The number of benzene rings is 2. The minimum atomic E-state index is -0.683. The lowest BCUT2D eigenvalue weighted by atomic mass is 10.1. The Labute approximate surface area is 163 Å². The Hall–Kier alpha value is -3.42. The van der Waals surface area contributed by atoms with Crippen LogP contribution in [0.25, 0.3) is 0 Å². The van der Waals surface area contributed by atoms with Crippen molar-refractivity contribution in [1.29, 1.82) is 0 Å². The second kappa shape index (κ2) is 8.08. The van der Waals surface area contributed by atoms with Crippen LogP contribution in [0.15, 0.2) is 41.5 Å². The summed E-state index contributed by atoms with van der Waals surface area (Å²) < 4.78 is 27.3. The number of rotatable bonds is 6. The van der Waals surface area contributed by atoms with Gasteiger partial charge in [-0.15, -0.1) is 5.10 Å². The normalized spacial score (nSPS) is 15.5. The third-order valence-corrected chi connectivity index (χ3v) is 4.28. The van der Waals surface area contributed by atoms with Gasteiger partial charge in [-0.2, -0.15) is 5.01 Å². The van der Waals surface area contributed by atoms with Gasteiger partial charge in [-0.05, 0) is 36.4 Å². The third kappa shape index (κ3) is 3.53. The standard InChI is InChI=1S/C20H22N2O6/c1-12(23)22-20(13-6-8-15(24-2)9-7-13)28-19(21-22)14-10-16(25-3)18(27-5)17(11-14)26-4/h6-11,20H,1-5H3. The van der Waals surface area contributed by atoms with Crippen LogP contribution in [0, 0.1) is 0 Å². The molecule has 8 heteroatoms. The van der Waals surface area contributed by atoms with Gasteiger partial charge in [-0.3, -0.25) is 4.79 Å². The fraction of sp³-hybridized carbons (Fsp3) is 0.300. The first-order valence-electron chi connectivity index (χ1n) is 8.51. The maximum absolute atomic E-state index is 12.1. The molecule has 2 aromatic rings. The molecule has 0 bridgehead atoms. The Morgan fingerprint density at radius 2 is 1.57 bits per heavy atom. The molecule has 0 saturated heterocycles. The van der Waals surface area contributed by atoms with Gasteiger partial charge in [0.05, 0.1) is 28.4 Å². The van der Waals surface area contributed by atoms with Gasteiger partial charge in [0.25, 0.3) is 0 Å². The number of carbonyl (C=O) groups is 1. The van der Waals surface area contributed by atoms with Crippen molar-refractivity contribution in [2.75, 3.05) is 28.4 Å². The van der Waals surface area contributed by atoms with Crippen LogP contribution in [0.3, 0.4) is 0 Å². The van der Waals surface area contributed by atoms with Crippen molar-refractivity contribution in [1.82, 2.24) is 5.01 Å². The van der Waals surface area contributed by atoms with Gasteiger partial charge >= 0.3 is 0 Å². The van der Waals surface area contributed by atoms with Crippen molar-refractivity contribution in [2.45, 2.75) is 13.2 Å². The van der Waals surface area contributed by atoms with Gasteiger partial charge in [-0.1, -0.05) is 0 Å². The van der Waals surface area contributed by atoms with Crippen LogP contribution < -0.4 is 18.9 Å². The van der Waals surface area contributed by atoms with E-state index in [9.17, 15) is 4.79 Å². The third-order valence-electron chi connectivity index (χ3n) is 4.28. The molecule has 1 heterocycles. The molecule has 0 N–H and O–H groups in total. The quantitative estimate of drug-likeness (QED) is 0.760. The van der Waals surface area contributed by atoms with Gasteiger partial charge in [0, 0.05) is 18.1 Å². The first-order valence-corrected chi connectivity index (χ1v) is 8.51. The zero-order valence-corrected chi connectivity index (χ0v) is 16.4. The first kappa shape index (κ1) is 19.3. The van der Waals surface area contributed by atoms with E-state index in [1.54, 1.807) is 31.4 Å². The molecule has 28 heavy (non-hydrogen) atoms. The summed E-state index contributed by atoms with van der Waals surface area (Å²) in [5.74, 6) is 2.12. The second-order valence-corrected chi connectivity index (χ2v) is 5.93. The SMILES string of the molecule is COc1ccc(C2OC(c3cc(OC)c(OC)c(OC)c3)=NN2C(C)=O)cc1. The maximum Gasteiger partial charge on any atom is 0.243 e. The molecule has 2 aromatic carbocycles. The average Bonchev–Trinajstić information content (AvgIpc) is 3.18. The molecule has 0 spiro atoms. The fourth-order valence-electron chi connectivity index (χ4n) is 2.87. The molecule has 3 rings (SSSR count). The van der Waals surface area contributed by atoms with E-state index in [1.807, 2.05) is 12.1 Å². The number of ether oxygens (including phenoxy) is 5. The number of amides is 1. The largest absolute Gasteiger partial charge is 0.497 e. The Morgan fingerprint density at radius 3 is 2.04 bits per heavy atom. The van der Waals surface area contributed by atoms with Crippen LogP contribution in [0.5, 0.6) is 23.0 Å². The molecule has 0 aliphatic carbocycles. The summed E-state index contributed by atoms with van der Waals surface area (Å²) >= 11 is 0. The lowest BCUT2D eigenvalue weighted by Gasteiger charge is -2.19. The van der Waals surface area contributed by atoms with Crippen molar-refractivity contribution in [3.8, 4) is 23.0 Å². The fourth-order valence-corrected chi connectivity index (χ4v) is 2.87. The highest BCUT2D eigenvalue weighted by Crippen LogP contribution is 2.40. The van der Waals surface area contributed by atoms with Crippen molar-refractivity contribution >= 4 is 11.8 Å². The van der Waals surface area contributed by atoms with Gasteiger partial charge in [0.1, 0.15) is 5.75 Å². The highest BCUT2D eigenvalue weighted by atomic mass is 16.5. The molecule has 0 aromatic heterocycles. The van der Waals surface area contributed by atoms with E-state index in [4.69, 9.17) is 23.7 Å². The predicted molar refractivity (Wildman–Crippen MR) is 102 cm³/mol. The van der Waals surface area contributed by atoms with Crippen molar-refractivity contribution < 1.29 is 28.5 Å². The summed E-state index contributed by atoms with van der Waals surface area (Å²) in [6, 6.07) is 10.7. The predicted octanol–water partition coefficient (Wildman–Crippen LogP) is 2.96. The van der Waals surface area contributed by atoms with Gasteiger partial charge in [0.2, 0.25) is 23.8 Å². The molecular weight excluding hydrogens is 364 g/mol. The first-order chi connectivity index (χ1) is 13.5. The monoisotopic (exact) mass is 386 g/mol. The van der Waals surface area contributed by atoms with E-state index in [2.05, 4.69) is 5.10 Å². The number of hydrogen-bond donors (Lipinski definition) is 0. The summed E-state index contributed by atoms with van der Waals surface area (Å²) in [6.07, 6.45) is -0.683. The van der Waals surface area contributed by atoms with E-state index in [0.29, 0.717) is 28.6 Å². The van der Waals surface area contributed by atoms with E-state index < -0.39 is 6.23 Å². The number of methoxy groups -OCH3 is 4. The zero-order valence-electron chi connectivity index (χ0n) is 16.4. The molecule has 1 atom stereocenters. The van der Waals surface area contributed by atoms with Crippen LogP contribution in [0.1, 0.15) is 24.3 Å². The van der Waals surface area contributed by atoms with E-state index in [1.165, 1.54) is 33.3 Å². The molecule has 148 valence electrons. The Bertz CT molecular complexity index is 869. The molecule has 8 nitrogen and oxygen atoms in total. The van der Waals surface area contributed by atoms with Gasteiger partial charge in [0.15, 0.2) is 11.5 Å². The Kier molecular flexibility index (Phi) is 5.58. The van der Waals surface area contributed by atoms with Crippen LogP contribution in [-0.4, -0.2) is 45.3 Å². The molecule has 0 radical (unpaired) electrons. The van der Waals surface area contributed by atoms with E-state index in [0.717, 1.165) is 5.56 Å². The Balaban J connectivity index is 1.98. The van der Waals surface area contributed by atoms with Crippen molar-refractivity contribution in [3.63, 3.8) is 0 Å². The Morgan fingerprint density at radius 1 is 0.964 bits per heavy atom. The smallest absolute Gasteiger partial charge is 0.243 e. The van der Waals surface area contributed by atoms with Gasteiger partial charge in [-0.25, -0.2) is 0 Å². The minimum absolute atomic E-state index is 0.247. The molecule has 1 aliphatic rings. The summed E-state index contributed by atoms with van der Waals surface area (Å²) in [6.45, 7) is 1.43. The highest BCUT2D eigenvalue weighted by molar-refractivity contribution is 5.97. The topological polar surface area (TPSA) is 78.8 Å². The second-order valence-electron chi connectivity index (χ2n) is 5.93. The highest BCUT2D eigenvalue weighted by Gasteiger charge is 2.34. The zero-order chi connectivity index (χ0) is 20.3. The lowest BCUT2D eigenvalue weighted by Crippen LogP contribution is -2.25. The lowest BCUT2D eigenvalue weighted by molar-refractivity contribution is -0.135. The minimum Gasteiger partial charge on any atom is -0.497 e. The number of nitrogens with zero attached hydrogens (tertiary/aromatic N) is 2. The number of hydrogen-bond acceptors (Lipinski definition) is 7. The number of carbonyl (C=O) groups excluding carboxylic acids is 1. The van der Waals surface area contributed by atoms with E-state index >= 15 is 0 Å². The molecular formula is C20H22N2O6. The average molecular weight is 386 g/mol. The van der Waals surface area contributed by atoms with Crippen LogP contribution >= 0.6 is 0 Å². The van der Waals surface area contributed by atoms with Crippen LogP contribution in [0.2, 0.25) is 0 Å². The molecule has 0 saturated carbocycles. The van der Waals surface area contributed by atoms with E-state index in [-0.39, 0.29) is 11.8 Å². The summed E-state index contributed by atoms with van der Waals surface area (Å²) in [7, 11) is 6.18. The number of hydrazone groups is 1. The molecule has 1 unspecified atom stereocenters. The summed E-state index contributed by atoms with van der Waals surface area (Å²) in [5.41, 5.74) is 1.36. The van der Waals surface area contributed by atoms with Crippen molar-refractivity contribution in [2.24, 2.45) is 5.10 Å². The van der Waals surface area contributed by atoms with Crippen molar-refractivity contribution in [3.05, 3.63) is 47.5 Å². The molecule has 1 aliphatic heterocycles. The summed E-state index contributed by atoms with van der Waals surface area (Å²) in [4.78, 5) is 12.1. The van der Waals surface area contributed by atoms with Gasteiger partial charge < -0.3 is 23.7 Å². The maximum atomic E-state index is 12.1. The molecule has 1 amide bonds. The van der Waals surface area contributed by atoms with Crippen LogP contribution in [-0.2, 0) is 9.53 Å².